The summed E-state index contributed by atoms with van der Waals surface area (Å²) in [5.41, 5.74) is 12.9. The summed E-state index contributed by atoms with van der Waals surface area (Å²) in [7, 11) is 0. The average Bonchev–Trinajstić information content (AvgIpc) is 3.62. The molecule has 2 nitrogen and oxygen atoms in total. The third kappa shape index (κ3) is 4.20. The lowest BCUT2D eigenvalue weighted by Gasteiger charge is -2.29. The van der Waals surface area contributed by atoms with Crippen LogP contribution < -0.4 is 4.90 Å². The Hall–Kier alpha value is -6.12. The largest absolute Gasteiger partial charge is 0.456 e. The molecule has 2 heteroatoms. The molecule has 8 aromatic carbocycles. The second kappa shape index (κ2) is 10.4. The van der Waals surface area contributed by atoms with Crippen molar-refractivity contribution < 1.29 is 4.42 Å². The number of nitrogens with zero attached hydrogens (tertiary/aromatic N) is 1. The highest BCUT2D eigenvalue weighted by atomic mass is 16.3. The van der Waals surface area contributed by atoms with Gasteiger partial charge >= 0.3 is 0 Å². The maximum atomic E-state index is 6.40. The van der Waals surface area contributed by atoms with Crippen molar-refractivity contribution in [3.05, 3.63) is 175 Å². The van der Waals surface area contributed by atoms with Crippen molar-refractivity contribution in [2.24, 2.45) is 0 Å². The van der Waals surface area contributed by atoms with Crippen LogP contribution in [0.25, 0.3) is 65.7 Å². The molecule has 0 saturated carbocycles. The summed E-state index contributed by atoms with van der Waals surface area (Å²) in [6.45, 7) is 4.68. The van der Waals surface area contributed by atoms with Crippen LogP contribution in [0.4, 0.5) is 17.1 Å². The topological polar surface area (TPSA) is 16.4 Å². The molecule has 0 atom stereocenters. The van der Waals surface area contributed by atoms with Gasteiger partial charge in [-0.3, -0.25) is 0 Å². The highest BCUT2D eigenvalue weighted by Gasteiger charge is 2.35. The van der Waals surface area contributed by atoms with Crippen molar-refractivity contribution in [1.82, 2.24) is 0 Å². The Morgan fingerprint density at radius 2 is 1.12 bits per heavy atom. The Balaban J connectivity index is 1.27. The van der Waals surface area contributed by atoms with E-state index in [1.807, 2.05) is 6.07 Å². The highest BCUT2D eigenvalue weighted by molar-refractivity contribution is 6.20. The Morgan fingerprint density at radius 1 is 0.429 bits per heavy atom. The van der Waals surface area contributed by atoms with E-state index in [-0.39, 0.29) is 5.41 Å². The third-order valence-electron chi connectivity index (χ3n) is 10.6. The molecule has 0 amide bonds. The van der Waals surface area contributed by atoms with Gasteiger partial charge in [0.2, 0.25) is 0 Å². The number of benzene rings is 8. The first kappa shape index (κ1) is 27.9. The number of para-hydroxylation sites is 1. The first-order valence-corrected chi connectivity index (χ1v) is 17.0. The number of anilines is 3. The number of hydrogen-bond acceptors (Lipinski definition) is 2. The first-order chi connectivity index (χ1) is 24.0. The molecule has 1 aliphatic rings. The summed E-state index contributed by atoms with van der Waals surface area (Å²) in [6.07, 6.45) is 0. The van der Waals surface area contributed by atoms with Crippen LogP contribution in [0.5, 0.6) is 0 Å². The fraction of sp³-hybridized carbons (Fsp3) is 0.0638. The van der Waals surface area contributed by atoms with E-state index in [1.54, 1.807) is 0 Å². The van der Waals surface area contributed by atoms with E-state index in [0.717, 1.165) is 44.4 Å². The Morgan fingerprint density at radius 3 is 2.00 bits per heavy atom. The van der Waals surface area contributed by atoms with Crippen molar-refractivity contribution in [1.29, 1.82) is 0 Å². The molecule has 1 aliphatic carbocycles. The first-order valence-electron chi connectivity index (χ1n) is 17.0. The van der Waals surface area contributed by atoms with E-state index >= 15 is 0 Å². The maximum absolute atomic E-state index is 6.40. The van der Waals surface area contributed by atoms with Gasteiger partial charge in [0, 0.05) is 32.9 Å². The molecule has 49 heavy (non-hydrogen) atoms. The molecule has 1 aromatic heterocycles. The monoisotopic (exact) mass is 627 g/mol. The van der Waals surface area contributed by atoms with E-state index in [9.17, 15) is 0 Å². The van der Waals surface area contributed by atoms with Crippen LogP contribution in [0.15, 0.2) is 168 Å². The van der Waals surface area contributed by atoms with Crippen molar-refractivity contribution in [3.8, 4) is 22.3 Å². The normalized spacial score (nSPS) is 13.3. The maximum Gasteiger partial charge on any atom is 0.136 e. The number of hydrogen-bond donors (Lipinski definition) is 0. The number of fused-ring (bicyclic) bond motifs is 9. The lowest BCUT2D eigenvalue weighted by molar-refractivity contribution is 0.660. The molecule has 0 fully saturated rings. The smallest absolute Gasteiger partial charge is 0.136 e. The predicted octanol–water partition coefficient (Wildman–Crippen LogP) is 13.3. The van der Waals surface area contributed by atoms with E-state index in [1.165, 1.54) is 49.5 Å². The molecule has 0 N–H and O–H groups in total. The number of rotatable bonds is 4. The Bertz CT molecular complexity index is 2750. The molecule has 0 bridgehead atoms. The van der Waals surface area contributed by atoms with Crippen molar-refractivity contribution in [2.45, 2.75) is 19.3 Å². The van der Waals surface area contributed by atoms with E-state index in [4.69, 9.17) is 4.42 Å². The van der Waals surface area contributed by atoms with Crippen LogP contribution in [0, 0.1) is 0 Å². The summed E-state index contributed by atoms with van der Waals surface area (Å²) in [5.74, 6) is 0. The van der Waals surface area contributed by atoms with Gasteiger partial charge in [-0.2, -0.15) is 0 Å². The van der Waals surface area contributed by atoms with Gasteiger partial charge in [0.05, 0.1) is 5.69 Å². The van der Waals surface area contributed by atoms with Gasteiger partial charge < -0.3 is 9.32 Å². The third-order valence-corrected chi connectivity index (χ3v) is 10.6. The summed E-state index contributed by atoms with van der Waals surface area (Å²) in [5, 5.41) is 7.09. The molecule has 9 aromatic rings. The molecular weight excluding hydrogens is 595 g/mol. The van der Waals surface area contributed by atoms with Crippen LogP contribution in [0.1, 0.15) is 25.0 Å². The molecule has 10 rings (SSSR count). The highest BCUT2D eigenvalue weighted by Crippen LogP contribution is 2.51. The molecule has 0 aliphatic heterocycles. The van der Waals surface area contributed by atoms with E-state index in [2.05, 4.69) is 176 Å². The second-order valence-electron chi connectivity index (χ2n) is 13.8. The van der Waals surface area contributed by atoms with Gasteiger partial charge in [-0.15, -0.1) is 0 Å². The Kier molecular flexibility index (Phi) is 5.95. The van der Waals surface area contributed by atoms with Crippen LogP contribution in [-0.4, -0.2) is 0 Å². The fourth-order valence-electron chi connectivity index (χ4n) is 8.22. The minimum atomic E-state index is -0.0594. The van der Waals surface area contributed by atoms with Crippen molar-refractivity contribution in [3.63, 3.8) is 0 Å². The zero-order chi connectivity index (χ0) is 32.7. The van der Waals surface area contributed by atoms with Gasteiger partial charge in [0.25, 0.3) is 0 Å². The minimum Gasteiger partial charge on any atom is -0.456 e. The van der Waals surface area contributed by atoms with Gasteiger partial charge in [0.1, 0.15) is 11.2 Å². The average molecular weight is 628 g/mol. The summed E-state index contributed by atoms with van der Waals surface area (Å²) in [6, 6.07) is 59.6. The molecular formula is C47H33NO. The molecule has 1 heterocycles. The Labute approximate surface area is 285 Å². The van der Waals surface area contributed by atoms with Gasteiger partial charge in [-0.1, -0.05) is 129 Å². The quantitative estimate of drug-likeness (QED) is 0.181. The van der Waals surface area contributed by atoms with Crippen LogP contribution in [0.2, 0.25) is 0 Å². The molecule has 0 unspecified atom stereocenters. The van der Waals surface area contributed by atoms with Crippen LogP contribution >= 0.6 is 0 Å². The van der Waals surface area contributed by atoms with Gasteiger partial charge in [-0.25, -0.2) is 0 Å². The van der Waals surface area contributed by atoms with Crippen molar-refractivity contribution >= 4 is 60.5 Å². The SMILES string of the molecule is CC1(C)c2ccccc2-c2cc(N(c3cccc(-c4ccccc4)c3)c3cc4cc5oc6ccccc6c5cc4c4ccccc34)ccc21. The fourth-order valence-corrected chi connectivity index (χ4v) is 8.22. The second-order valence-corrected chi connectivity index (χ2v) is 13.8. The van der Waals surface area contributed by atoms with E-state index in [0.29, 0.717) is 0 Å². The van der Waals surface area contributed by atoms with Crippen molar-refractivity contribution in [2.75, 3.05) is 4.90 Å². The molecule has 0 radical (unpaired) electrons. The lowest BCUT2D eigenvalue weighted by Crippen LogP contribution is -2.15. The zero-order valence-corrected chi connectivity index (χ0v) is 27.4. The standard InChI is InChI=1S/C47H33NO/c1-47(2)42-21-10-8-18-36(42)40-28-34(23-24-43(40)47)48(33-16-12-15-31(25-33)30-13-4-3-5-14-30)44-26-32-27-46-41(38-20-9-11-22-45(38)49-46)29-39(32)35-17-6-7-19-37(35)44/h3-29H,1-2H3. The molecule has 0 saturated heterocycles. The van der Waals surface area contributed by atoms with Crippen LogP contribution in [0.3, 0.4) is 0 Å². The molecule has 232 valence electrons. The van der Waals surface area contributed by atoms with Crippen LogP contribution in [-0.2, 0) is 5.41 Å². The summed E-state index contributed by atoms with van der Waals surface area (Å²) >= 11 is 0. The zero-order valence-electron chi connectivity index (χ0n) is 27.4. The lowest BCUT2D eigenvalue weighted by atomic mass is 9.82. The van der Waals surface area contributed by atoms with Gasteiger partial charge in [-0.05, 0) is 98.1 Å². The molecule has 0 spiro atoms. The summed E-state index contributed by atoms with van der Waals surface area (Å²) < 4.78 is 6.40. The minimum absolute atomic E-state index is 0.0594. The number of furan rings is 1. The van der Waals surface area contributed by atoms with Gasteiger partial charge in [0.15, 0.2) is 0 Å². The predicted molar refractivity (Wildman–Crippen MR) is 206 cm³/mol. The summed E-state index contributed by atoms with van der Waals surface area (Å²) in [4.78, 5) is 2.45. The van der Waals surface area contributed by atoms with E-state index < -0.39 is 0 Å².